The number of nitrogens with one attached hydrogen (secondary N) is 3. The van der Waals surface area contributed by atoms with Gasteiger partial charge in [-0.3, -0.25) is 9.89 Å². The number of fused-ring (bicyclic) bond motifs is 1. The zero-order valence-electron chi connectivity index (χ0n) is 30.1. The number of aryl methyl sites for hydroxylation is 5. The summed E-state index contributed by atoms with van der Waals surface area (Å²) in [4.78, 5) is 24.7. The molecular formula is C40H42Cl2N8O2. The zero-order valence-corrected chi connectivity index (χ0v) is 31.7. The number of anilines is 1. The van der Waals surface area contributed by atoms with Gasteiger partial charge in [0.25, 0.3) is 0 Å². The molecule has 3 aromatic heterocycles. The summed E-state index contributed by atoms with van der Waals surface area (Å²) < 4.78 is 8.40. The molecule has 0 bridgehead atoms. The van der Waals surface area contributed by atoms with Crippen LogP contribution in [-0.2, 0) is 11.8 Å². The molecule has 0 radical (unpaired) electrons. The van der Waals surface area contributed by atoms with E-state index in [9.17, 15) is 4.79 Å². The van der Waals surface area contributed by atoms with Gasteiger partial charge >= 0.3 is 0 Å². The Morgan fingerprint density at radius 2 is 1.73 bits per heavy atom. The molecular weight excluding hydrogens is 695 g/mol. The predicted molar refractivity (Wildman–Crippen MR) is 211 cm³/mol. The molecule has 3 heterocycles. The number of H-pyrrole nitrogens is 1. The van der Waals surface area contributed by atoms with Crippen molar-refractivity contribution in [3.05, 3.63) is 105 Å². The predicted octanol–water partition coefficient (Wildman–Crippen LogP) is 8.91. The van der Waals surface area contributed by atoms with Crippen molar-refractivity contribution in [3.63, 3.8) is 0 Å². The minimum atomic E-state index is -0.130. The van der Waals surface area contributed by atoms with Crippen LogP contribution in [0.4, 0.5) is 5.69 Å². The van der Waals surface area contributed by atoms with Crippen molar-refractivity contribution in [3.8, 4) is 28.3 Å². The Bertz CT molecular complexity index is 2220. The standard InChI is InChI=1S/C40H42Cl2N8O2/c1-23-14-31(15-24(2)38(23)42)52-13-7-8-28(16-30-19-50(6)35-12-9-29(17-33(30)35)40-46-21-47-49-40)32-10-11-34(41)37(36-26(4)44-20-45-27(36)5)39(32)48-25(3)18-43-22-51/h9-12,14-17,19-22,25,48H,7-8,13,18H2,1-6H3,(H,43,51)(H,46,47,49)/b28-16+/t25-/m1/s1. The van der Waals surface area contributed by atoms with E-state index >= 15 is 0 Å². The molecule has 268 valence electrons. The molecule has 0 aliphatic heterocycles. The summed E-state index contributed by atoms with van der Waals surface area (Å²) in [6.07, 6.45) is 9.59. The summed E-state index contributed by atoms with van der Waals surface area (Å²) in [5, 5.41) is 16.0. The number of amides is 1. The van der Waals surface area contributed by atoms with Crippen LogP contribution in [0.1, 0.15) is 53.4 Å². The van der Waals surface area contributed by atoms with Crippen molar-refractivity contribution in [1.82, 2.24) is 35.0 Å². The van der Waals surface area contributed by atoms with E-state index in [2.05, 4.69) is 70.8 Å². The highest BCUT2D eigenvalue weighted by molar-refractivity contribution is 6.34. The zero-order chi connectivity index (χ0) is 36.9. The number of carbonyl (C=O) groups excluding carboxylic acids is 1. The van der Waals surface area contributed by atoms with Crippen molar-refractivity contribution < 1.29 is 9.53 Å². The summed E-state index contributed by atoms with van der Waals surface area (Å²) >= 11 is 13.5. The molecule has 3 N–H and O–H groups in total. The third-order valence-electron chi connectivity index (χ3n) is 9.18. The Morgan fingerprint density at radius 1 is 0.981 bits per heavy atom. The van der Waals surface area contributed by atoms with Crippen LogP contribution < -0.4 is 15.4 Å². The quantitative estimate of drug-likeness (QED) is 0.0754. The van der Waals surface area contributed by atoms with Gasteiger partial charge < -0.3 is 19.9 Å². The van der Waals surface area contributed by atoms with E-state index in [4.69, 9.17) is 27.9 Å². The first-order chi connectivity index (χ1) is 25.0. The molecule has 0 saturated carbocycles. The van der Waals surface area contributed by atoms with Gasteiger partial charge in [0, 0.05) is 81.0 Å². The molecule has 1 amide bonds. The van der Waals surface area contributed by atoms with E-state index in [1.165, 1.54) is 6.33 Å². The molecule has 0 aliphatic rings. The number of hydrogen-bond donors (Lipinski definition) is 3. The SMILES string of the molecule is Cc1cc(OCCC/C(=C\c2cn(C)c3ccc(-c4ncn[nH]4)cc23)c2ccc(Cl)c(-c3c(C)ncnc3C)c2N[C@H](C)CNC=O)cc(C)c1Cl. The van der Waals surface area contributed by atoms with E-state index in [0.717, 1.165) is 89.7 Å². The molecule has 0 saturated heterocycles. The van der Waals surface area contributed by atoms with Crippen LogP contribution >= 0.6 is 23.2 Å². The fourth-order valence-corrected chi connectivity index (χ4v) is 7.02. The summed E-state index contributed by atoms with van der Waals surface area (Å²) in [5.74, 6) is 1.50. The smallest absolute Gasteiger partial charge is 0.207 e. The summed E-state index contributed by atoms with van der Waals surface area (Å²) in [6, 6.07) is 14.1. The molecule has 0 aliphatic carbocycles. The first-order valence-electron chi connectivity index (χ1n) is 17.2. The van der Waals surface area contributed by atoms with Gasteiger partial charge in [0.05, 0.1) is 17.3 Å². The molecule has 0 spiro atoms. The molecule has 52 heavy (non-hydrogen) atoms. The first-order valence-corrected chi connectivity index (χ1v) is 17.9. The Labute approximate surface area is 313 Å². The maximum atomic E-state index is 11.3. The van der Waals surface area contributed by atoms with Crippen LogP contribution in [0, 0.1) is 27.7 Å². The molecule has 10 nitrogen and oxygen atoms in total. The highest BCUT2D eigenvalue weighted by Crippen LogP contribution is 2.44. The number of benzene rings is 3. The van der Waals surface area contributed by atoms with Gasteiger partial charge in [0.15, 0.2) is 5.82 Å². The van der Waals surface area contributed by atoms with E-state index in [0.29, 0.717) is 36.8 Å². The van der Waals surface area contributed by atoms with Crippen LogP contribution in [0.5, 0.6) is 5.75 Å². The number of hydrogen-bond acceptors (Lipinski definition) is 7. The summed E-state index contributed by atoms with van der Waals surface area (Å²) in [7, 11) is 2.05. The number of ether oxygens (including phenoxy) is 1. The second-order valence-corrected chi connectivity index (χ2v) is 13.9. The topological polar surface area (TPSA) is 123 Å². The second kappa shape index (κ2) is 16.0. The lowest BCUT2D eigenvalue weighted by atomic mass is 9.91. The fraction of sp³-hybridized carbons (Fsp3) is 0.275. The van der Waals surface area contributed by atoms with Crippen LogP contribution in [0.15, 0.2) is 61.3 Å². The van der Waals surface area contributed by atoms with Crippen LogP contribution in [0.3, 0.4) is 0 Å². The molecule has 6 rings (SSSR count). The lowest BCUT2D eigenvalue weighted by molar-refractivity contribution is -0.109. The molecule has 3 aromatic carbocycles. The number of nitrogens with zero attached hydrogens (tertiary/aromatic N) is 5. The van der Waals surface area contributed by atoms with Gasteiger partial charge in [0.2, 0.25) is 6.41 Å². The van der Waals surface area contributed by atoms with E-state index in [1.807, 2.05) is 65.9 Å². The third kappa shape index (κ3) is 7.83. The number of aromatic amines is 1. The number of rotatable bonds is 14. The van der Waals surface area contributed by atoms with E-state index < -0.39 is 0 Å². The fourth-order valence-electron chi connectivity index (χ4n) is 6.66. The van der Waals surface area contributed by atoms with Gasteiger partial charge in [-0.1, -0.05) is 29.3 Å². The van der Waals surface area contributed by atoms with Gasteiger partial charge in [-0.25, -0.2) is 15.0 Å². The first kappa shape index (κ1) is 36.6. The van der Waals surface area contributed by atoms with Gasteiger partial charge in [0.1, 0.15) is 18.4 Å². The lowest BCUT2D eigenvalue weighted by Gasteiger charge is -2.25. The van der Waals surface area contributed by atoms with E-state index in [-0.39, 0.29) is 6.04 Å². The second-order valence-electron chi connectivity index (χ2n) is 13.1. The van der Waals surface area contributed by atoms with Gasteiger partial charge in [-0.15, -0.1) is 0 Å². The largest absolute Gasteiger partial charge is 0.494 e. The van der Waals surface area contributed by atoms with Gasteiger partial charge in [-0.2, -0.15) is 5.10 Å². The van der Waals surface area contributed by atoms with Crippen LogP contribution in [0.2, 0.25) is 10.0 Å². The Hall–Kier alpha value is -5.19. The normalized spacial score (nSPS) is 12.3. The van der Waals surface area contributed by atoms with Gasteiger partial charge in [-0.05, 0) is 107 Å². The maximum Gasteiger partial charge on any atom is 0.207 e. The van der Waals surface area contributed by atoms with Crippen molar-refractivity contribution in [1.29, 1.82) is 0 Å². The maximum absolute atomic E-state index is 11.3. The van der Waals surface area contributed by atoms with E-state index in [1.54, 1.807) is 6.33 Å². The van der Waals surface area contributed by atoms with Crippen LogP contribution in [0.25, 0.3) is 45.1 Å². The average molecular weight is 738 g/mol. The Balaban J connectivity index is 1.49. The molecule has 0 unspecified atom stereocenters. The highest BCUT2D eigenvalue weighted by Gasteiger charge is 2.23. The minimum absolute atomic E-state index is 0.130. The Kier molecular flexibility index (Phi) is 11.3. The molecule has 6 aromatic rings. The summed E-state index contributed by atoms with van der Waals surface area (Å²) in [6.45, 7) is 10.8. The minimum Gasteiger partial charge on any atom is -0.494 e. The number of allylic oxidation sites excluding steroid dienone is 1. The number of halogens is 2. The molecule has 12 heteroatoms. The molecule has 0 fully saturated rings. The average Bonchev–Trinajstić information content (AvgIpc) is 3.77. The third-order valence-corrected chi connectivity index (χ3v) is 10.1. The molecule has 1 atom stereocenters. The van der Waals surface area contributed by atoms with Crippen molar-refractivity contribution in [2.24, 2.45) is 7.05 Å². The van der Waals surface area contributed by atoms with Crippen molar-refractivity contribution in [2.45, 2.75) is 53.5 Å². The summed E-state index contributed by atoms with van der Waals surface area (Å²) in [5.41, 5.74) is 11.2. The Morgan fingerprint density at radius 3 is 2.42 bits per heavy atom. The van der Waals surface area contributed by atoms with Crippen molar-refractivity contribution in [2.75, 3.05) is 18.5 Å². The number of carbonyl (C=O) groups is 1. The van der Waals surface area contributed by atoms with Crippen LogP contribution in [-0.4, -0.2) is 55.3 Å². The number of aromatic nitrogens is 6. The lowest BCUT2D eigenvalue weighted by Crippen LogP contribution is -2.30. The van der Waals surface area contributed by atoms with Crippen molar-refractivity contribution >= 4 is 57.9 Å². The highest BCUT2D eigenvalue weighted by atomic mass is 35.5. The monoisotopic (exact) mass is 736 g/mol.